The van der Waals surface area contributed by atoms with Crippen LogP contribution in [0.5, 0.6) is 5.75 Å². The zero-order chi connectivity index (χ0) is 14.7. The quantitative estimate of drug-likeness (QED) is 0.617. The van der Waals surface area contributed by atoms with Crippen molar-refractivity contribution in [2.24, 2.45) is 0 Å². The summed E-state index contributed by atoms with van der Waals surface area (Å²) in [5.74, 6) is -0.722. The first kappa shape index (κ1) is 14.4. The van der Waals surface area contributed by atoms with Gasteiger partial charge >= 0.3 is 0 Å². The number of ether oxygens (including phenoxy) is 1. The molecule has 2 aromatic carbocycles. The summed E-state index contributed by atoms with van der Waals surface area (Å²) < 4.78 is 31.7. The van der Waals surface area contributed by atoms with Crippen molar-refractivity contribution in [2.75, 3.05) is 0 Å². The van der Waals surface area contributed by atoms with Crippen molar-refractivity contribution in [3.63, 3.8) is 0 Å². The topological polar surface area (TPSA) is 52.4 Å². The lowest BCUT2D eigenvalue weighted by molar-refractivity contribution is -0.385. The molecule has 104 valence electrons. The second kappa shape index (κ2) is 5.96. The molecule has 0 aliphatic carbocycles. The molecule has 0 heterocycles. The second-order valence-corrected chi connectivity index (χ2v) is 4.75. The number of nitro groups is 1. The molecule has 0 bridgehead atoms. The van der Waals surface area contributed by atoms with Crippen LogP contribution >= 0.6 is 15.9 Å². The van der Waals surface area contributed by atoms with Crippen molar-refractivity contribution >= 4 is 21.6 Å². The highest BCUT2D eigenvalue weighted by atomic mass is 79.9. The van der Waals surface area contributed by atoms with Gasteiger partial charge in [0.2, 0.25) is 0 Å². The molecule has 0 fully saturated rings. The van der Waals surface area contributed by atoms with Crippen LogP contribution in [-0.4, -0.2) is 4.92 Å². The molecule has 0 atom stereocenters. The van der Waals surface area contributed by atoms with Crippen LogP contribution < -0.4 is 4.74 Å². The van der Waals surface area contributed by atoms with E-state index in [9.17, 15) is 18.9 Å². The average molecular weight is 344 g/mol. The van der Waals surface area contributed by atoms with E-state index < -0.39 is 16.6 Å². The van der Waals surface area contributed by atoms with Gasteiger partial charge in [-0.25, -0.2) is 8.78 Å². The Kier molecular flexibility index (Phi) is 4.29. The Morgan fingerprint density at radius 3 is 2.60 bits per heavy atom. The molecule has 0 saturated carbocycles. The van der Waals surface area contributed by atoms with Gasteiger partial charge in [0.1, 0.15) is 24.0 Å². The average Bonchev–Trinajstić information content (AvgIpc) is 2.40. The molecule has 2 rings (SSSR count). The molecule has 2 aromatic rings. The van der Waals surface area contributed by atoms with Crippen molar-refractivity contribution in [3.05, 3.63) is 68.2 Å². The third-order valence-corrected chi connectivity index (χ3v) is 3.13. The zero-order valence-electron chi connectivity index (χ0n) is 9.98. The largest absolute Gasteiger partial charge is 0.489 e. The summed E-state index contributed by atoms with van der Waals surface area (Å²) in [7, 11) is 0. The number of rotatable bonds is 4. The van der Waals surface area contributed by atoms with Crippen molar-refractivity contribution in [2.45, 2.75) is 6.61 Å². The van der Waals surface area contributed by atoms with E-state index in [0.29, 0.717) is 5.75 Å². The van der Waals surface area contributed by atoms with Crippen LogP contribution in [0.15, 0.2) is 40.9 Å². The number of hydrogen-bond donors (Lipinski definition) is 0. The van der Waals surface area contributed by atoms with Gasteiger partial charge in [0, 0.05) is 6.07 Å². The Hall–Kier alpha value is -2.02. The third kappa shape index (κ3) is 3.30. The van der Waals surface area contributed by atoms with E-state index in [-0.39, 0.29) is 22.3 Å². The molecule has 20 heavy (non-hydrogen) atoms. The fourth-order valence-electron chi connectivity index (χ4n) is 1.58. The smallest absolute Gasteiger partial charge is 0.276 e. The number of halogens is 3. The maximum absolute atomic E-state index is 13.1. The second-order valence-electron chi connectivity index (χ2n) is 3.89. The van der Waals surface area contributed by atoms with Crippen molar-refractivity contribution in [3.8, 4) is 5.75 Å². The number of nitro benzene ring substituents is 1. The third-order valence-electron chi connectivity index (χ3n) is 2.52. The summed E-state index contributed by atoms with van der Waals surface area (Å²) in [4.78, 5) is 10.2. The molecule has 0 spiro atoms. The highest BCUT2D eigenvalue weighted by Gasteiger charge is 2.15. The molecule has 0 aliphatic rings. The molecule has 0 amide bonds. The molecular formula is C13H8BrF2NO3. The van der Waals surface area contributed by atoms with E-state index in [1.54, 1.807) is 0 Å². The molecule has 0 unspecified atom stereocenters. The first-order valence-corrected chi connectivity index (χ1v) is 6.27. The summed E-state index contributed by atoms with van der Waals surface area (Å²) in [6.45, 7) is -0.188. The Balaban J connectivity index is 2.20. The van der Waals surface area contributed by atoms with E-state index >= 15 is 0 Å². The maximum atomic E-state index is 13.1. The van der Waals surface area contributed by atoms with E-state index in [0.717, 1.165) is 18.2 Å². The lowest BCUT2D eigenvalue weighted by Crippen LogP contribution is -2.01. The van der Waals surface area contributed by atoms with Crippen LogP contribution in [0, 0.1) is 21.7 Å². The highest BCUT2D eigenvalue weighted by molar-refractivity contribution is 9.10. The lowest BCUT2D eigenvalue weighted by atomic mass is 10.2. The molecular weight excluding hydrogens is 336 g/mol. The predicted octanol–water partition coefficient (Wildman–Crippen LogP) is 4.21. The molecule has 0 aliphatic heterocycles. The van der Waals surface area contributed by atoms with Gasteiger partial charge in [-0.2, -0.15) is 0 Å². The zero-order valence-corrected chi connectivity index (χ0v) is 11.6. The number of benzene rings is 2. The minimum atomic E-state index is -0.612. The van der Waals surface area contributed by atoms with Crippen molar-refractivity contribution in [1.29, 1.82) is 0 Å². The molecule has 0 aromatic heterocycles. The first-order valence-electron chi connectivity index (χ1n) is 5.48. The van der Waals surface area contributed by atoms with Crippen LogP contribution in [0.4, 0.5) is 14.5 Å². The van der Waals surface area contributed by atoms with Crippen LogP contribution in [0.2, 0.25) is 0 Å². The summed E-state index contributed by atoms with van der Waals surface area (Å²) >= 11 is 3.00. The van der Waals surface area contributed by atoms with Crippen LogP contribution in [0.1, 0.15) is 5.56 Å². The molecule has 4 nitrogen and oxygen atoms in total. The van der Waals surface area contributed by atoms with Gasteiger partial charge in [0.25, 0.3) is 5.69 Å². The van der Waals surface area contributed by atoms with Crippen molar-refractivity contribution in [1.82, 2.24) is 0 Å². The Morgan fingerprint density at radius 1 is 1.20 bits per heavy atom. The van der Waals surface area contributed by atoms with Crippen LogP contribution in [-0.2, 0) is 6.61 Å². The predicted molar refractivity (Wildman–Crippen MR) is 71.5 cm³/mol. The van der Waals surface area contributed by atoms with Crippen molar-refractivity contribution < 1.29 is 18.4 Å². The van der Waals surface area contributed by atoms with Gasteiger partial charge in [-0.15, -0.1) is 0 Å². The summed E-state index contributed by atoms with van der Waals surface area (Å²) in [6, 6.07) is 7.09. The fourth-order valence-corrected chi connectivity index (χ4v) is 1.93. The van der Waals surface area contributed by atoms with E-state index in [4.69, 9.17) is 4.74 Å². The standard InChI is InChI=1S/C13H8BrF2NO3/c14-11-6-10(2-3-12(11)16)20-7-8-5-9(15)1-4-13(8)17(18)19/h1-6H,7H2. The normalized spacial score (nSPS) is 10.3. The SMILES string of the molecule is O=[N+]([O-])c1ccc(F)cc1COc1ccc(F)c(Br)c1. The van der Waals surface area contributed by atoms with Crippen LogP contribution in [0.3, 0.4) is 0 Å². The fraction of sp³-hybridized carbons (Fsp3) is 0.0769. The number of hydrogen-bond acceptors (Lipinski definition) is 3. The van der Waals surface area contributed by atoms with Gasteiger partial charge in [-0.3, -0.25) is 10.1 Å². The summed E-state index contributed by atoms with van der Waals surface area (Å²) in [5.41, 5.74) is -0.122. The van der Waals surface area contributed by atoms with E-state index in [1.165, 1.54) is 18.2 Å². The summed E-state index contributed by atoms with van der Waals surface area (Å²) in [5, 5.41) is 10.8. The maximum Gasteiger partial charge on any atom is 0.276 e. The molecule has 0 radical (unpaired) electrons. The van der Waals surface area contributed by atoms with Gasteiger partial charge in [-0.1, -0.05) is 0 Å². The highest BCUT2D eigenvalue weighted by Crippen LogP contribution is 2.25. The molecule has 0 N–H and O–H groups in total. The molecule has 7 heteroatoms. The number of nitrogens with zero attached hydrogens (tertiary/aromatic N) is 1. The van der Waals surface area contributed by atoms with E-state index in [2.05, 4.69) is 15.9 Å². The Morgan fingerprint density at radius 2 is 1.95 bits per heavy atom. The van der Waals surface area contributed by atoms with Gasteiger partial charge in [-0.05, 0) is 46.3 Å². The Labute approximate surface area is 121 Å². The Bertz CT molecular complexity index is 664. The van der Waals surface area contributed by atoms with Gasteiger partial charge in [0.15, 0.2) is 0 Å². The van der Waals surface area contributed by atoms with Gasteiger partial charge < -0.3 is 4.74 Å². The lowest BCUT2D eigenvalue weighted by Gasteiger charge is -2.07. The van der Waals surface area contributed by atoms with Gasteiger partial charge in [0.05, 0.1) is 15.0 Å². The minimum absolute atomic E-state index is 0.107. The minimum Gasteiger partial charge on any atom is -0.489 e. The monoisotopic (exact) mass is 343 g/mol. The summed E-state index contributed by atoms with van der Waals surface area (Å²) in [6.07, 6.45) is 0. The molecule has 0 saturated heterocycles. The first-order chi connectivity index (χ1) is 9.47. The van der Waals surface area contributed by atoms with E-state index in [1.807, 2.05) is 0 Å². The van der Waals surface area contributed by atoms with Crippen LogP contribution in [0.25, 0.3) is 0 Å².